The van der Waals surface area contributed by atoms with Crippen molar-refractivity contribution in [2.45, 2.75) is 138 Å². The van der Waals surface area contributed by atoms with Crippen molar-refractivity contribution in [1.82, 2.24) is 19.1 Å². The van der Waals surface area contributed by atoms with Crippen LogP contribution in [0.25, 0.3) is 45.0 Å². The van der Waals surface area contributed by atoms with Crippen LogP contribution in [0, 0.1) is 137 Å². The molecule has 0 unspecified atom stereocenters. The Morgan fingerprint density at radius 1 is 0.383 bits per heavy atom. The number of thiophene rings is 4. The van der Waals surface area contributed by atoms with Crippen LogP contribution in [0.4, 0.5) is 50.4 Å². The molecule has 528 valence electrons. The second kappa shape index (κ2) is 33.1. The molecule has 8 heterocycles. The van der Waals surface area contributed by atoms with Gasteiger partial charge in [-0.25, -0.2) is 9.97 Å². The van der Waals surface area contributed by atoms with Gasteiger partial charge in [-0.15, -0.1) is 45.3 Å². The second-order valence-electron chi connectivity index (χ2n) is 21.9. The molecule has 10 rings (SSSR count). The Morgan fingerprint density at radius 3 is 0.755 bits per heavy atom. The summed E-state index contributed by atoms with van der Waals surface area (Å²) in [6.07, 6.45) is 7.01. The number of imidazole rings is 2. The predicted octanol–water partition coefficient (Wildman–Crippen LogP) is 15.3. The fraction of sp³-hybridized carbons (Fsp3) is 0.355. The van der Waals surface area contributed by atoms with Gasteiger partial charge in [0.1, 0.15) is 24.6 Å². The van der Waals surface area contributed by atoms with Crippen LogP contribution in [-0.2, 0) is 66.1 Å². The fourth-order valence-electron chi connectivity index (χ4n) is 9.88. The molecule has 10 aromatic rings. The normalized spacial score (nSPS) is 12.2. The zero-order valence-electron chi connectivity index (χ0n) is 55.2. The molecule has 0 saturated carbocycles. The number of hydrogen-bond acceptors (Lipinski definition) is 8. The van der Waals surface area contributed by atoms with Crippen molar-refractivity contribution < 1.29 is 143 Å². The Morgan fingerprint density at radius 2 is 0.585 bits per heavy atom. The second-order valence-corrected chi connectivity index (χ2v) is 31.6. The molecular formula is C62H78Cl2F12N6O4P2Ru2S4. The first kappa shape index (κ1) is 91.9. The summed E-state index contributed by atoms with van der Waals surface area (Å²) in [7, 11) is -17.2. The van der Waals surface area contributed by atoms with E-state index in [0.717, 1.165) is 34.7 Å². The average molecular weight is 1660 g/mol. The minimum absolute atomic E-state index is 0. The van der Waals surface area contributed by atoms with E-state index in [4.69, 9.17) is 8.83 Å². The van der Waals surface area contributed by atoms with E-state index in [2.05, 4.69) is 213 Å². The molecule has 0 spiro atoms. The Hall–Kier alpha value is -4.15. The number of rotatable bonds is 8. The maximum Gasteiger partial charge on any atom is 2.00 e. The van der Waals surface area contributed by atoms with Gasteiger partial charge in [0.2, 0.25) is 24.4 Å². The smallest absolute Gasteiger partial charge is 1.00 e. The molecule has 2 aromatic carbocycles. The summed E-state index contributed by atoms with van der Waals surface area (Å²) in [5.74, 6) is 3.19. The van der Waals surface area contributed by atoms with Gasteiger partial charge in [0.05, 0.1) is 25.5 Å². The summed E-state index contributed by atoms with van der Waals surface area (Å²) in [5.41, 5.74) is 19.8. The SMILES string of the molecule is Cc1cc(-c2c(-c3cc(C)sc3C)[n+](C)[c-]n2Cc2nc(C)c(C)o2)c(C)s1.Cc1cc(-c2c(-c3cc(C)sc3C)[n+](C)[c-]n2Cc2nc(C)c(C)o2)c(C)s1.Cc1cc(C)cc(C)c1.Cc1cc(C)cc(C)c1.F[P-](F)(F)(F)(F)F.F[P-](F)(F)(F)(F)F.O.O.[Cl-].[Cl-].[Ru+2].[Ru+2]. The van der Waals surface area contributed by atoms with E-state index in [-0.39, 0.29) is 74.7 Å². The molecule has 0 aliphatic heterocycles. The van der Waals surface area contributed by atoms with E-state index in [1.54, 1.807) is 0 Å². The van der Waals surface area contributed by atoms with Gasteiger partial charge in [0.25, 0.3) is 0 Å². The molecule has 0 aliphatic carbocycles. The number of hydrogen-bond donors (Lipinski definition) is 0. The summed E-state index contributed by atoms with van der Waals surface area (Å²) >= 11 is 7.35. The van der Waals surface area contributed by atoms with Gasteiger partial charge < -0.3 is 62.9 Å². The zero-order valence-corrected chi connectivity index (χ0v) is 65.3. The zero-order chi connectivity index (χ0) is 66.8. The van der Waals surface area contributed by atoms with Crippen LogP contribution in [0.15, 0.2) is 69.5 Å². The maximum atomic E-state index is 9.87. The summed E-state index contributed by atoms with van der Waals surface area (Å²) in [5, 5.41) is 0. The molecule has 0 bridgehead atoms. The Bertz CT molecular complexity index is 3740. The number of oxazole rings is 2. The van der Waals surface area contributed by atoms with Crippen molar-refractivity contribution in [3.05, 3.63) is 180 Å². The van der Waals surface area contributed by atoms with Crippen LogP contribution in [0.3, 0.4) is 0 Å². The molecule has 8 aromatic heterocycles. The van der Waals surface area contributed by atoms with Gasteiger partial charge in [0.15, 0.2) is 0 Å². The van der Waals surface area contributed by atoms with Gasteiger partial charge in [-0.2, -0.15) is 0 Å². The molecule has 4 N–H and O–H groups in total. The third kappa shape index (κ3) is 30.3. The first-order valence-corrected chi connectivity index (χ1v) is 34.5. The Kier molecular flexibility index (Phi) is 32.4. The third-order valence-corrected chi connectivity index (χ3v) is 16.7. The monoisotopic (exact) mass is 1660 g/mol. The minimum Gasteiger partial charge on any atom is -1.00 e. The predicted molar refractivity (Wildman–Crippen MR) is 346 cm³/mol. The Labute approximate surface area is 595 Å². The summed E-state index contributed by atoms with van der Waals surface area (Å²) in [6, 6.07) is 22.3. The topological polar surface area (TPSA) is 133 Å². The number of halogens is 14. The van der Waals surface area contributed by atoms with Crippen molar-refractivity contribution in [3.8, 4) is 45.0 Å². The largest absolute Gasteiger partial charge is 2.00 e. The molecule has 0 amide bonds. The molecule has 10 nitrogen and oxygen atoms in total. The molecule has 0 radical (unpaired) electrons. The average Bonchev–Trinajstić information content (AvgIpc) is 1.56. The number of aromatic nitrogens is 6. The van der Waals surface area contributed by atoms with Crippen molar-refractivity contribution >= 4 is 61.0 Å². The number of benzene rings is 2. The first-order chi connectivity index (χ1) is 39.7. The van der Waals surface area contributed by atoms with Gasteiger partial charge in [-0.1, -0.05) is 94.0 Å². The van der Waals surface area contributed by atoms with E-state index >= 15 is 0 Å². The molecule has 0 atom stereocenters. The molecular weight excluding hydrogens is 1580 g/mol. The number of aryl methyl sites for hydroxylation is 20. The maximum absolute atomic E-state index is 10.7. The van der Waals surface area contributed by atoms with E-state index < -0.39 is 15.6 Å². The van der Waals surface area contributed by atoms with Crippen molar-refractivity contribution in [3.63, 3.8) is 0 Å². The third-order valence-electron chi connectivity index (χ3n) is 12.8. The van der Waals surface area contributed by atoms with E-state index in [1.807, 2.05) is 73.0 Å². The first-order valence-electron chi connectivity index (χ1n) is 27.2. The fourth-order valence-corrected chi connectivity index (χ4v) is 13.6. The van der Waals surface area contributed by atoms with Crippen molar-refractivity contribution in [2.24, 2.45) is 14.1 Å². The molecule has 0 fully saturated rings. The molecule has 94 heavy (non-hydrogen) atoms. The van der Waals surface area contributed by atoms with Crippen LogP contribution >= 0.6 is 61.0 Å². The number of nitrogens with zero attached hydrogens (tertiary/aromatic N) is 6. The van der Waals surface area contributed by atoms with Crippen LogP contribution in [-0.4, -0.2) is 30.1 Å². The van der Waals surface area contributed by atoms with Gasteiger partial charge in [0, 0.05) is 42.3 Å². The van der Waals surface area contributed by atoms with Gasteiger partial charge in [-0.05, 0) is 166 Å². The van der Waals surface area contributed by atoms with Crippen LogP contribution in [0.1, 0.15) is 107 Å². The summed E-state index contributed by atoms with van der Waals surface area (Å²) in [4.78, 5) is 19.7. The standard InChI is InChI=1S/2C22H25N3OS2.2C9H12.2ClH.2F6P.2H2O.2Ru/c2*1-12-8-18(16(5)27-12)21-22(19-9-13(2)28-17(19)6)25(11-24(21)7)10-20-23-14(3)15(4)26-20;2*1-7-4-8(2)6-9(3)5-7;;;2*1-7(2,3,4,5)6;;;;/h2*8-9H,10H2,1-7H3;2*4-6H,1-3H3;2*1H;;;2*1H2;;/q;;;;;;2*-1;;;2*+2/p-2. The van der Waals surface area contributed by atoms with Crippen LogP contribution in [0.2, 0.25) is 0 Å². The molecule has 0 saturated heterocycles. The summed E-state index contributed by atoms with van der Waals surface area (Å²) < 4.78 is 139. The van der Waals surface area contributed by atoms with E-state index in [1.165, 1.54) is 117 Å². The van der Waals surface area contributed by atoms with Crippen LogP contribution in [0.5, 0.6) is 0 Å². The Balaban J connectivity index is 0. The van der Waals surface area contributed by atoms with Gasteiger partial charge in [-0.3, -0.25) is 0 Å². The quantitative estimate of drug-likeness (QED) is 0.0492. The van der Waals surface area contributed by atoms with Gasteiger partial charge >= 0.3 is 105 Å². The van der Waals surface area contributed by atoms with E-state index in [0.29, 0.717) is 13.1 Å². The molecule has 32 heteroatoms. The van der Waals surface area contributed by atoms with Crippen molar-refractivity contribution in [1.29, 1.82) is 0 Å². The molecule has 0 aliphatic rings. The van der Waals surface area contributed by atoms with E-state index in [9.17, 15) is 50.4 Å². The minimum atomic E-state index is -10.7. The van der Waals surface area contributed by atoms with Crippen molar-refractivity contribution in [2.75, 3.05) is 0 Å². The summed E-state index contributed by atoms with van der Waals surface area (Å²) in [6.45, 7) is 39.2. The van der Waals surface area contributed by atoms with Crippen LogP contribution < -0.4 is 33.9 Å².